The van der Waals surface area contributed by atoms with E-state index in [-0.39, 0.29) is 17.6 Å². The van der Waals surface area contributed by atoms with Crippen LogP contribution in [0.1, 0.15) is 30.7 Å². The van der Waals surface area contributed by atoms with Crippen LogP contribution in [0.2, 0.25) is 0 Å². The van der Waals surface area contributed by atoms with Crippen molar-refractivity contribution in [2.45, 2.75) is 37.8 Å². The van der Waals surface area contributed by atoms with Gasteiger partial charge in [0.1, 0.15) is 6.29 Å². The highest BCUT2D eigenvalue weighted by molar-refractivity contribution is 5.99. The van der Waals surface area contributed by atoms with Crippen molar-refractivity contribution < 1.29 is 22.7 Å². The number of aromatic nitrogens is 2. The summed E-state index contributed by atoms with van der Waals surface area (Å²) in [6.07, 6.45) is -1.44. The van der Waals surface area contributed by atoms with Crippen LogP contribution < -0.4 is 37.7 Å². The lowest BCUT2D eigenvalue weighted by molar-refractivity contribution is -0.274. The maximum Gasteiger partial charge on any atom is 0.573 e. The topological polar surface area (TPSA) is 163 Å². The van der Waals surface area contributed by atoms with E-state index >= 15 is 0 Å². The van der Waals surface area contributed by atoms with E-state index in [4.69, 9.17) is 11.5 Å². The first kappa shape index (κ1) is 26.4. The van der Waals surface area contributed by atoms with Gasteiger partial charge >= 0.3 is 12.4 Å². The summed E-state index contributed by atoms with van der Waals surface area (Å²) in [5, 5.41) is 7.52. The van der Waals surface area contributed by atoms with E-state index in [1.807, 2.05) is 0 Å². The number of hydrogen-bond donors (Lipinski definition) is 6. The summed E-state index contributed by atoms with van der Waals surface area (Å²) < 4.78 is 41.5. The fraction of sp³-hybridized carbons (Fsp3) is 0.476. The number of benzene rings is 1. The van der Waals surface area contributed by atoms with Crippen molar-refractivity contribution in [2.24, 2.45) is 11.5 Å². The highest BCUT2D eigenvalue weighted by atomic mass is 19.4. The highest BCUT2D eigenvalue weighted by Crippen LogP contribution is 2.30. The van der Waals surface area contributed by atoms with E-state index in [0.29, 0.717) is 5.56 Å². The molecule has 1 aliphatic heterocycles. The van der Waals surface area contributed by atoms with Gasteiger partial charge in [-0.25, -0.2) is 4.79 Å². The molecule has 0 unspecified atom stereocenters. The summed E-state index contributed by atoms with van der Waals surface area (Å²) in [6.45, 7) is 3.29. The molecule has 192 valence electrons. The largest absolute Gasteiger partial charge is 0.573 e. The van der Waals surface area contributed by atoms with Crippen molar-refractivity contribution in [3.63, 3.8) is 0 Å². The number of likely N-dealkylation sites (tertiary alicyclic amines) is 1. The normalized spacial score (nSPS) is 15.3. The van der Waals surface area contributed by atoms with Crippen LogP contribution >= 0.6 is 0 Å². The Bertz CT molecular complexity index is 1040. The molecule has 1 fully saturated rings. The van der Waals surface area contributed by atoms with Crippen molar-refractivity contribution in [1.29, 1.82) is 0 Å². The third kappa shape index (κ3) is 8.51. The van der Waals surface area contributed by atoms with Gasteiger partial charge in [-0.1, -0.05) is 12.1 Å². The number of para-hydroxylation sites is 2. The van der Waals surface area contributed by atoms with Gasteiger partial charge in [0.2, 0.25) is 5.95 Å². The average Bonchev–Trinajstić information content (AvgIpc) is 2.78. The molecular weight excluding hydrogens is 469 g/mol. The number of urea groups is 1. The number of H-pyrrole nitrogens is 1. The number of nitrogens with one attached hydrogen (secondary N) is 4. The summed E-state index contributed by atoms with van der Waals surface area (Å²) >= 11 is 0. The van der Waals surface area contributed by atoms with Crippen molar-refractivity contribution in [3.05, 3.63) is 46.4 Å². The lowest BCUT2D eigenvalue weighted by Gasteiger charge is -2.31. The summed E-state index contributed by atoms with van der Waals surface area (Å²) in [6, 6.07) is 4.19. The molecule has 1 aromatic heterocycles. The van der Waals surface area contributed by atoms with Gasteiger partial charge in [-0.2, -0.15) is 4.98 Å². The van der Waals surface area contributed by atoms with Gasteiger partial charge in [-0.15, -0.1) is 13.2 Å². The average molecular weight is 499 g/mol. The van der Waals surface area contributed by atoms with E-state index in [0.717, 1.165) is 51.5 Å². The maximum atomic E-state index is 12.6. The zero-order valence-electron chi connectivity index (χ0n) is 18.9. The van der Waals surface area contributed by atoms with Crippen LogP contribution in [0.15, 0.2) is 35.3 Å². The predicted octanol–water partition coefficient (Wildman–Crippen LogP) is 1.67. The molecule has 3 rings (SSSR count). The van der Waals surface area contributed by atoms with Gasteiger partial charge in [0, 0.05) is 11.8 Å². The summed E-state index contributed by atoms with van der Waals surface area (Å²) in [4.78, 5) is 33.7. The Morgan fingerprint density at radius 3 is 2.60 bits per heavy atom. The van der Waals surface area contributed by atoms with Gasteiger partial charge in [0.05, 0.1) is 5.69 Å². The minimum atomic E-state index is -4.91. The van der Waals surface area contributed by atoms with Crippen molar-refractivity contribution in [1.82, 2.24) is 20.2 Å². The molecule has 2 amide bonds. The second-order valence-corrected chi connectivity index (χ2v) is 8.08. The van der Waals surface area contributed by atoms with Crippen molar-refractivity contribution in [2.75, 3.05) is 36.8 Å². The molecule has 0 spiro atoms. The quantitative estimate of drug-likeness (QED) is 0.225. The number of aromatic amines is 1. The van der Waals surface area contributed by atoms with Crippen LogP contribution in [0.4, 0.5) is 29.6 Å². The molecule has 8 N–H and O–H groups in total. The number of hydrogen-bond acceptors (Lipinski definition) is 8. The van der Waals surface area contributed by atoms with Gasteiger partial charge < -0.3 is 31.4 Å². The molecular formula is C21H29F3N8O3. The lowest BCUT2D eigenvalue weighted by atomic mass is 9.91. The van der Waals surface area contributed by atoms with Crippen LogP contribution in [0.3, 0.4) is 0 Å². The maximum absolute atomic E-state index is 12.6. The Hall–Kier alpha value is -3.20. The van der Waals surface area contributed by atoms with Gasteiger partial charge in [0.15, 0.2) is 5.75 Å². The standard InChI is InChI=1S/C21H29F3N8O3/c22-21(23,24)35-16-5-2-1-4-15(16)29-20(34)31-19-28-12-14(17(33)30-19)13-6-10-32(11-7-13)9-3-8-27-18(25)26/h1-2,4-5,12-13,18,27H,3,6-11,25-26H2,(H3,28,29,30,31,33,34). The Balaban J connectivity index is 1.52. The van der Waals surface area contributed by atoms with Crippen molar-refractivity contribution >= 4 is 17.7 Å². The molecule has 1 aliphatic rings. The second kappa shape index (κ2) is 12.0. The Kier molecular flexibility index (Phi) is 9.03. The highest BCUT2D eigenvalue weighted by Gasteiger charge is 2.32. The fourth-order valence-corrected chi connectivity index (χ4v) is 3.85. The molecule has 0 radical (unpaired) electrons. The van der Waals surface area contributed by atoms with Gasteiger partial charge in [-0.05, 0) is 63.5 Å². The summed E-state index contributed by atoms with van der Waals surface area (Å²) in [7, 11) is 0. The molecule has 1 aromatic carbocycles. The number of nitrogens with zero attached hydrogens (tertiary/aromatic N) is 2. The lowest BCUT2D eigenvalue weighted by Crippen LogP contribution is -2.46. The molecule has 11 nitrogen and oxygen atoms in total. The van der Waals surface area contributed by atoms with Crippen LogP contribution in [0.25, 0.3) is 0 Å². The van der Waals surface area contributed by atoms with E-state index in [1.54, 1.807) is 0 Å². The molecule has 1 saturated heterocycles. The molecule has 2 aromatic rings. The minimum absolute atomic E-state index is 0.0346. The van der Waals surface area contributed by atoms with Crippen LogP contribution in [-0.4, -0.2) is 59.7 Å². The van der Waals surface area contributed by atoms with Crippen LogP contribution in [0.5, 0.6) is 5.75 Å². The molecule has 35 heavy (non-hydrogen) atoms. The number of alkyl halides is 3. The number of ether oxygens (including phenoxy) is 1. The molecule has 0 atom stereocenters. The second-order valence-electron chi connectivity index (χ2n) is 8.08. The minimum Gasteiger partial charge on any atom is -0.404 e. The smallest absolute Gasteiger partial charge is 0.404 e. The van der Waals surface area contributed by atoms with Gasteiger partial charge in [-0.3, -0.25) is 15.4 Å². The van der Waals surface area contributed by atoms with E-state index in [1.165, 1.54) is 24.4 Å². The number of rotatable bonds is 9. The zero-order chi connectivity index (χ0) is 25.4. The third-order valence-corrected chi connectivity index (χ3v) is 5.48. The number of nitrogens with two attached hydrogens (primary N) is 2. The van der Waals surface area contributed by atoms with E-state index in [9.17, 15) is 22.8 Å². The number of carbonyl (C=O) groups is 1. The summed E-state index contributed by atoms with van der Waals surface area (Å²) in [5.41, 5.74) is 10.8. The number of halogens is 3. The zero-order valence-corrected chi connectivity index (χ0v) is 18.9. The Morgan fingerprint density at radius 1 is 1.23 bits per heavy atom. The Morgan fingerprint density at radius 2 is 1.94 bits per heavy atom. The summed E-state index contributed by atoms with van der Waals surface area (Å²) in [5.74, 6) is -0.668. The van der Waals surface area contributed by atoms with E-state index in [2.05, 4.69) is 35.6 Å². The number of anilines is 2. The number of carbonyl (C=O) groups excluding carboxylic acids is 1. The first-order chi connectivity index (χ1) is 16.6. The Labute approximate surface area is 199 Å². The van der Waals surface area contributed by atoms with E-state index < -0.39 is 30.0 Å². The van der Waals surface area contributed by atoms with Gasteiger partial charge in [0.25, 0.3) is 5.56 Å². The third-order valence-electron chi connectivity index (χ3n) is 5.48. The van der Waals surface area contributed by atoms with Crippen LogP contribution in [-0.2, 0) is 0 Å². The first-order valence-electron chi connectivity index (χ1n) is 11.1. The molecule has 0 bridgehead atoms. The number of piperidine rings is 1. The van der Waals surface area contributed by atoms with Crippen molar-refractivity contribution in [3.8, 4) is 5.75 Å². The SMILES string of the molecule is NC(N)NCCCN1CCC(c2c[nH]c(NC(=O)Nc3ccccc3OC(F)(F)F)nc2=O)CC1. The molecule has 0 aliphatic carbocycles. The molecule has 14 heteroatoms. The fourth-order valence-electron chi connectivity index (χ4n) is 3.85. The predicted molar refractivity (Wildman–Crippen MR) is 124 cm³/mol. The monoisotopic (exact) mass is 498 g/mol. The molecule has 0 saturated carbocycles. The van der Waals surface area contributed by atoms with Crippen LogP contribution in [0, 0.1) is 0 Å². The first-order valence-corrected chi connectivity index (χ1v) is 11.1. The molecule has 2 heterocycles. The number of amides is 2.